The monoisotopic (exact) mass is 305 g/mol. The SMILES string of the molecule is Cc1nc(-c2ccncc2)ncc1C(C)NCc1cccnc1. The molecule has 3 aromatic heterocycles. The first-order valence-electron chi connectivity index (χ1n) is 7.60. The second kappa shape index (κ2) is 7.07. The summed E-state index contributed by atoms with van der Waals surface area (Å²) in [5.41, 5.74) is 4.22. The van der Waals surface area contributed by atoms with Gasteiger partial charge >= 0.3 is 0 Å². The molecule has 0 aromatic carbocycles. The van der Waals surface area contributed by atoms with Gasteiger partial charge in [0.15, 0.2) is 5.82 Å². The van der Waals surface area contributed by atoms with E-state index in [1.54, 1.807) is 18.6 Å². The van der Waals surface area contributed by atoms with E-state index in [1.165, 1.54) is 0 Å². The maximum Gasteiger partial charge on any atom is 0.159 e. The molecule has 23 heavy (non-hydrogen) atoms. The molecule has 0 saturated carbocycles. The Kier molecular flexibility index (Phi) is 4.68. The highest BCUT2D eigenvalue weighted by atomic mass is 14.9. The number of nitrogens with one attached hydrogen (secondary N) is 1. The van der Waals surface area contributed by atoms with E-state index in [1.807, 2.05) is 37.5 Å². The Labute approximate surface area is 135 Å². The third-order valence-electron chi connectivity index (χ3n) is 3.76. The van der Waals surface area contributed by atoms with Crippen molar-refractivity contribution in [1.29, 1.82) is 0 Å². The Bertz CT molecular complexity index is 759. The molecule has 0 radical (unpaired) electrons. The van der Waals surface area contributed by atoms with Gasteiger partial charge in [-0.1, -0.05) is 6.07 Å². The van der Waals surface area contributed by atoms with Crippen molar-refractivity contribution in [3.8, 4) is 11.4 Å². The van der Waals surface area contributed by atoms with Gasteiger partial charge in [0.1, 0.15) is 0 Å². The quantitative estimate of drug-likeness (QED) is 0.784. The molecule has 3 rings (SSSR count). The number of hydrogen-bond acceptors (Lipinski definition) is 5. The smallest absolute Gasteiger partial charge is 0.159 e. The largest absolute Gasteiger partial charge is 0.306 e. The normalized spacial score (nSPS) is 12.1. The van der Waals surface area contributed by atoms with E-state index in [0.29, 0.717) is 0 Å². The van der Waals surface area contributed by atoms with Crippen LogP contribution >= 0.6 is 0 Å². The van der Waals surface area contributed by atoms with Gasteiger partial charge in [-0.05, 0) is 37.6 Å². The van der Waals surface area contributed by atoms with E-state index in [0.717, 1.165) is 34.8 Å². The number of aryl methyl sites for hydroxylation is 1. The van der Waals surface area contributed by atoms with E-state index in [4.69, 9.17) is 0 Å². The summed E-state index contributed by atoms with van der Waals surface area (Å²) in [5, 5.41) is 3.49. The lowest BCUT2D eigenvalue weighted by molar-refractivity contribution is 0.567. The molecule has 5 heteroatoms. The van der Waals surface area contributed by atoms with Crippen LogP contribution in [0.25, 0.3) is 11.4 Å². The molecular weight excluding hydrogens is 286 g/mol. The zero-order chi connectivity index (χ0) is 16.1. The first-order valence-corrected chi connectivity index (χ1v) is 7.60. The van der Waals surface area contributed by atoms with Crippen molar-refractivity contribution in [3.63, 3.8) is 0 Å². The average Bonchev–Trinajstić information content (AvgIpc) is 2.61. The van der Waals surface area contributed by atoms with Crippen molar-refractivity contribution < 1.29 is 0 Å². The molecule has 1 N–H and O–H groups in total. The van der Waals surface area contributed by atoms with Gasteiger partial charge in [-0.15, -0.1) is 0 Å². The fourth-order valence-electron chi connectivity index (χ4n) is 2.43. The maximum atomic E-state index is 4.63. The number of nitrogens with zero attached hydrogens (tertiary/aromatic N) is 4. The number of rotatable bonds is 5. The molecule has 0 saturated heterocycles. The van der Waals surface area contributed by atoms with E-state index in [9.17, 15) is 0 Å². The molecule has 0 aliphatic heterocycles. The Balaban J connectivity index is 1.73. The van der Waals surface area contributed by atoms with E-state index < -0.39 is 0 Å². The summed E-state index contributed by atoms with van der Waals surface area (Å²) in [6.07, 6.45) is 9.05. The highest BCUT2D eigenvalue weighted by Gasteiger charge is 2.11. The Morgan fingerprint density at radius 2 is 1.87 bits per heavy atom. The first-order chi connectivity index (χ1) is 11.2. The third-order valence-corrected chi connectivity index (χ3v) is 3.76. The van der Waals surface area contributed by atoms with Crippen LogP contribution < -0.4 is 5.32 Å². The van der Waals surface area contributed by atoms with Gasteiger partial charge in [-0.25, -0.2) is 9.97 Å². The topological polar surface area (TPSA) is 63.6 Å². The Morgan fingerprint density at radius 1 is 1.04 bits per heavy atom. The number of hydrogen-bond donors (Lipinski definition) is 1. The molecule has 1 unspecified atom stereocenters. The first kappa shape index (κ1) is 15.2. The van der Waals surface area contributed by atoms with Crippen LogP contribution in [0.2, 0.25) is 0 Å². The van der Waals surface area contributed by atoms with Crippen LogP contribution in [0.3, 0.4) is 0 Å². The van der Waals surface area contributed by atoms with Crippen LogP contribution in [0.5, 0.6) is 0 Å². The standard InChI is InChI=1S/C18H19N5/c1-13(21-11-15-4-3-7-20-10-15)17-12-22-18(23-14(17)2)16-5-8-19-9-6-16/h3-10,12-13,21H,11H2,1-2H3. The summed E-state index contributed by atoms with van der Waals surface area (Å²) in [7, 11) is 0. The van der Waals surface area contributed by atoms with Crippen molar-refractivity contribution in [3.05, 3.63) is 72.1 Å². The molecule has 3 heterocycles. The third kappa shape index (κ3) is 3.76. The van der Waals surface area contributed by atoms with Crippen molar-refractivity contribution in [2.45, 2.75) is 26.4 Å². The van der Waals surface area contributed by atoms with Gasteiger partial charge in [0.05, 0.1) is 0 Å². The summed E-state index contributed by atoms with van der Waals surface area (Å²) in [5.74, 6) is 0.730. The molecule has 0 spiro atoms. The zero-order valence-corrected chi connectivity index (χ0v) is 13.3. The van der Waals surface area contributed by atoms with Crippen molar-refractivity contribution in [2.24, 2.45) is 0 Å². The second-order valence-electron chi connectivity index (χ2n) is 5.43. The fourth-order valence-corrected chi connectivity index (χ4v) is 2.43. The second-order valence-corrected chi connectivity index (χ2v) is 5.43. The molecule has 116 valence electrons. The molecule has 3 aromatic rings. The van der Waals surface area contributed by atoms with Crippen molar-refractivity contribution in [2.75, 3.05) is 0 Å². The number of pyridine rings is 2. The summed E-state index contributed by atoms with van der Waals surface area (Å²) in [6, 6.07) is 8.00. The summed E-state index contributed by atoms with van der Waals surface area (Å²) < 4.78 is 0. The lowest BCUT2D eigenvalue weighted by Gasteiger charge is -2.16. The zero-order valence-electron chi connectivity index (χ0n) is 13.3. The fraction of sp³-hybridized carbons (Fsp3) is 0.222. The van der Waals surface area contributed by atoms with E-state index >= 15 is 0 Å². The van der Waals surface area contributed by atoms with E-state index in [2.05, 4.69) is 38.2 Å². The van der Waals surface area contributed by atoms with Crippen molar-refractivity contribution in [1.82, 2.24) is 25.3 Å². The van der Waals surface area contributed by atoms with Gasteiger partial charge in [0, 0.05) is 60.4 Å². The molecule has 0 bridgehead atoms. The molecule has 5 nitrogen and oxygen atoms in total. The minimum Gasteiger partial charge on any atom is -0.306 e. The molecule has 1 atom stereocenters. The molecule has 0 amide bonds. The molecular formula is C18H19N5. The van der Waals surface area contributed by atoms with Gasteiger partial charge in [-0.3, -0.25) is 9.97 Å². The summed E-state index contributed by atoms with van der Waals surface area (Å²) >= 11 is 0. The average molecular weight is 305 g/mol. The van der Waals surface area contributed by atoms with E-state index in [-0.39, 0.29) is 6.04 Å². The highest BCUT2D eigenvalue weighted by Crippen LogP contribution is 2.19. The van der Waals surface area contributed by atoms with Crippen LogP contribution in [0, 0.1) is 6.92 Å². The maximum absolute atomic E-state index is 4.63. The lowest BCUT2D eigenvalue weighted by Crippen LogP contribution is -2.19. The molecule has 0 fully saturated rings. The lowest BCUT2D eigenvalue weighted by atomic mass is 10.1. The summed E-state index contributed by atoms with van der Waals surface area (Å²) in [4.78, 5) is 17.3. The van der Waals surface area contributed by atoms with Crippen molar-refractivity contribution >= 4 is 0 Å². The summed E-state index contributed by atoms with van der Waals surface area (Å²) in [6.45, 7) is 4.90. The van der Waals surface area contributed by atoms with Gasteiger partial charge < -0.3 is 5.32 Å². The minimum absolute atomic E-state index is 0.168. The van der Waals surface area contributed by atoms with Crippen LogP contribution in [0.15, 0.2) is 55.2 Å². The van der Waals surface area contributed by atoms with Crippen LogP contribution in [-0.4, -0.2) is 19.9 Å². The molecule has 0 aliphatic rings. The Morgan fingerprint density at radius 3 is 2.57 bits per heavy atom. The number of aromatic nitrogens is 4. The predicted molar refractivity (Wildman–Crippen MR) is 89.5 cm³/mol. The predicted octanol–water partition coefficient (Wildman–Crippen LogP) is 3.09. The van der Waals surface area contributed by atoms with Gasteiger partial charge in [0.2, 0.25) is 0 Å². The van der Waals surface area contributed by atoms with Gasteiger partial charge in [-0.2, -0.15) is 0 Å². The highest BCUT2D eigenvalue weighted by molar-refractivity contribution is 5.53. The van der Waals surface area contributed by atoms with Crippen LogP contribution in [0.1, 0.15) is 29.8 Å². The van der Waals surface area contributed by atoms with Crippen LogP contribution in [-0.2, 0) is 6.54 Å². The van der Waals surface area contributed by atoms with Gasteiger partial charge in [0.25, 0.3) is 0 Å². The minimum atomic E-state index is 0.168. The Hall–Kier alpha value is -2.66. The van der Waals surface area contributed by atoms with Crippen LogP contribution in [0.4, 0.5) is 0 Å². The molecule has 0 aliphatic carbocycles.